The Morgan fingerprint density at radius 1 is 1.35 bits per heavy atom. The SMILES string of the molecule is NC(=O)c1ccc(NC2CC3CCC2C3)c([N+](=O)[O-])c1. The van der Waals surface area contributed by atoms with E-state index >= 15 is 0 Å². The molecule has 6 heteroatoms. The summed E-state index contributed by atoms with van der Waals surface area (Å²) in [6, 6.07) is 4.68. The molecule has 3 atom stereocenters. The molecule has 3 N–H and O–H groups in total. The van der Waals surface area contributed by atoms with Gasteiger partial charge < -0.3 is 11.1 Å². The average Bonchev–Trinajstić information content (AvgIpc) is 3.01. The van der Waals surface area contributed by atoms with Gasteiger partial charge in [0.25, 0.3) is 5.69 Å². The molecule has 2 aliphatic carbocycles. The number of fused-ring (bicyclic) bond motifs is 2. The van der Waals surface area contributed by atoms with Crippen molar-refractivity contribution in [3.63, 3.8) is 0 Å². The van der Waals surface area contributed by atoms with Gasteiger partial charge in [-0.15, -0.1) is 0 Å². The summed E-state index contributed by atoms with van der Waals surface area (Å²) >= 11 is 0. The van der Waals surface area contributed by atoms with Gasteiger partial charge in [0.1, 0.15) is 5.69 Å². The molecule has 1 aromatic carbocycles. The number of rotatable bonds is 4. The third-order valence-electron chi connectivity index (χ3n) is 4.56. The number of benzene rings is 1. The molecule has 0 spiro atoms. The molecule has 1 amide bonds. The Hall–Kier alpha value is -2.11. The van der Waals surface area contributed by atoms with Crippen molar-refractivity contribution in [2.24, 2.45) is 17.6 Å². The molecule has 3 rings (SSSR count). The van der Waals surface area contributed by atoms with Crippen LogP contribution in [-0.4, -0.2) is 16.9 Å². The van der Waals surface area contributed by atoms with E-state index in [0.29, 0.717) is 17.6 Å². The number of hydrogen-bond acceptors (Lipinski definition) is 4. The number of nitrogens with one attached hydrogen (secondary N) is 1. The van der Waals surface area contributed by atoms with E-state index in [4.69, 9.17) is 5.73 Å². The van der Waals surface area contributed by atoms with Gasteiger partial charge in [-0.05, 0) is 43.2 Å². The number of nitro benzene ring substituents is 1. The summed E-state index contributed by atoms with van der Waals surface area (Å²) in [6.45, 7) is 0. The molecule has 2 bridgehead atoms. The van der Waals surface area contributed by atoms with Gasteiger partial charge in [-0.3, -0.25) is 14.9 Å². The number of amides is 1. The highest BCUT2D eigenvalue weighted by molar-refractivity contribution is 5.94. The molecule has 106 valence electrons. The Labute approximate surface area is 116 Å². The van der Waals surface area contributed by atoms with Crippen LogP contribution in [0.15, 0.2) is 18.2 Å². The summed E-state index contributed by atoms with van der Waals surface area (Å²) in [7, 11) is 0. The third-order valence-corrected chi connectivity index (χ3v) is 4.56. The lowest BCUT2D eigenvalue weighted by Gasteiger charge is -2.23. The number of primary amides is 1. The summed E-state index contributed by atoms with van der Waals surface area (Å²) in [5.74, 6) is 0.733. The predicted molar refractivity (Wildman–Crippen MR) is 74.5 cm³/mol. The lowest BCUT2D eigenvalue weighted by atomic mass is 9.95. The normalized spacial score (nSPS) is 27.5. The maximum absolute atomic E-state index is 11.1. The zero-order valence-electron chi connectivity index (χ0n) is 11.0. The highest BCUT2D eigenvalue weighted by atomic mass is 16.6. The van der Waals surface area contributed by atoms with E-state index in [1.54, 1.807) is 6.07 Å². The Kier molecular flexibility index (Phi) is 3.08. The number of carbonyl (C=O) groups is 1. The molecule has 0 aromatic heterocycles. The first-order valence-corrected chi connectivity index (χ1v) is 6.89. The number of nitro groups is 1. The summed E-state index contributed by atoms with van der Waals surface area (Å²) in [4.78, 5) is 21.8. The van der Waals surface area contributed by atoms with Crippen molar-refractivity contribution in [1.82, 2.24) is 0 Å². The maximum atomic E-state index is 11.1. The van der Waals surface area contributed by atoms with Crippen LogP contribution >= 0.6 is 0 Å². The number of hydrogen-bond donors (Lipinski definition) is 2. The smallest absolute Gasteiger partial charge is 0.293 e. The fourth-order valence-corrected chi connectivity index (χ4v) is 3.58. The molecule has 6 nitrogen and oxygen atoms in total. The van der Waals surface area contributed by atoms with Crippen molar-refractivity contribution in [1.29, 1.82) is 0 Å². The molecule has 0 saturated heterocycles. The van der Waals surface area contributed by atoms with Crippen molar-refractivity contribution >= 4 is 17.3 Å². The zero-order valence-corrected chi connectivity index (χ0v) is 11.0. The zero-order chi connectivity index (χ0) is 14.3. The highest BCUT2D eigenvalue weighted by Gasteiger charge is 2.40. The molecular formula is C14H17N3O3. The third kappa shape index (κ3) is 2.21. The molecule has 2 fully saturated rings. The van der Waals surface area contributed by atoms with Crippen LogP contribution in [0.3, 0.4) is 0 Å². The monoisotopic (exact) mass is 275 g/mol. The molecule has 1 aromatic rings. The van der Waals surface area contributed by atoms with E-state index in [9.17, 15) is 14.9 Å². The number of nitrogens with zero attached hydrogens (tertiary/aromatic N) is 1. The largest absolute Gasteiger partial charge is 0.376 e. The van der Waals surface area contributed by atoms with Gasteiger partial charge in [-0.1, -0.05) is 6.42 Å². The van der Waals surface area contributed by atoms with Gasteiger partial charge in [0.15, 0.2) is 0 Å². The maximum Gasteiger partial charge on any atom is 0.293 e. The minimum atomic E-state index is -0.653. The van der Waals surface area contributed by atoms with Crippen LogP contribution in [0.2, 0.25) is 0 Å². The minimum Gasteiger partial charge on any atom is -0.376 e. The Morgan fingerprint density at radius 3 is 2.70 bits per heavy atom. The van der Waals surface area contributed by atoms with E-state index in [0.717, 1.165) is 12.3 Å². The van der Waals surface area contributed by atoms with E-state index < -0.39 is 10.8 Å². The van der Waals surface area contributed by atoms with Gasteiger partial charge in [-0.2, -0.15) is 0 Å². The van der Waals surface area contributed by atoms with Crippen molar-refractivity contribution in [2.75, 3.05) is 5.32 Å². The second-order valence-electron chi connectivity index (χ2n) is 5.78. The van der Waals surface area contributed by atoms with Crippen LogP contribution < -0.4 is 11.1 Å². The molecule has 2 saturated carbocycles. The summed E-state index contributed by atoms with van der Waals surface area (Å²) in [6.07, 6.45) is 4.80. The van der Waals surface area contributed by atoms with Gasteiger partial charge in [-0.25, -0.2) is 0 Å². The van der Waals surface area contributed by atoms with Gasteiger partial charge in [0.05, 0.1) is 4.92 Å². The fourth-order valence-electron chi connectivity index (χ4n) is 3.58. The van der Waals surface area contributed by atoms with Crippen LogP contribution in [0.5, 0.6) is 0 Å². The van der Waals surface area contributed by atoms with Gasteiger partial charge in [0, 0.05) is 17.7 Å². The number of carbonyl (C=O) groups excluding carboxylic acids is 1. The average molecular weight is 275 g/mol. The fraction of sp³-hybridized carbons (Fsp3) is 0.500. The second-order valence-corrected chi connectivity index (χ2v) is 5.78. The minimum absolute atomic E-state index is 0.0796. The van der Waals surface area contributed by atoms with E-state index in [1.807, 2.05) is 0 Å². The van der Waals surface area contributed by atoms with Gasteiger partial charge in [0.2, 0.25) is 5.91 Å². The molecule has 0 heterocycles. The topological polar surface area (TPSA) is 98.3 Å². The highest BCUT2D eigenvalue weighted by Crippen LogP contribution is 2.46. The van der Waals surface area contributed by atoms with Crippen molar-refractivity contribution in [3.8, 4) is 0 Å². The summed E-state index contributed by atoms with van der Waals surface area (Å²) in [5.41, 5.74) is 5.73. The second kappa shape index (κ2) is 4.77. The summed E-state index contributed by atoms with van der Waals surface area (Å²) < 4.78 is 0. The van der Waals surface area contributed by atoms with Crippen LogP contribution in [0.1, 0.15) is 36.0 Å². The first-order valence-electron chi connectivity index (χ1n) is 6.89. The van der Waals surface area contributed by atoms with E-state index in [2.05, 4.69) is 5.32 Å². The Bertz CT molecular complexity index is 573. The molecule has 3 unspecified atom stereocenters. The van der Waals surface area contributed by atoms with E-state index in [-0.39, 0.29) is 11.3 Å². The number of nitrogens with two attached hydrogens (primary N) is 1. The van der Waals surface area contributed by atoms with Crippen molar-refractivity contribution in [2.45, 2.75) is 31.7 Å². The standard InChI is InChI=1S/C14H17N3O3/c15-14(18)10-3-4-11(13(7-10)17(19)20)16-12-6-8-1-2-9(12)5-8/h3-4,7-9,12,16H,1-2,5-6H2,(H2,15,18). The Morgan fingerprint density at radius 2 is 2.15 bits per heavy atom. The molecule has 20 heavy (non-hydrogen) atoms. The predicted octanol–water partition coefficient (Wildman–Crippen LogP) is 2.29. The molecule has 0 radical (unpaired) electrons. The molecule has 0 aliphatic heterocycles. The first-order chi connectivity index (χ1) is 9.54. The lowest BCUT2D eigenvalue weighted by Crippen LogP contribution is -2.26. The first kappa shape index (κ1) is 12.9. The van der Waals surface area contributed by atoms with E-state index in [1.165, 1.54) is 31.4 Å². The van der Waals surface area contributed by atoms with Crippen LogP contribution in [0, 0.1) is 22.0 Å². The Balaban J connectivity index is 1.85. The van der Waals surface area contributed by atoms with Crippen molar-refractivity contribution < 1.29 is 9.72 Å². The van der Waals surface area contributed by atoms with Crippen LogP contribution in [0.25, 0.3) is 0 Å². The molecule has 2 aliphatic rings. The quantitative estimate of drug-likeness (QED) is 0.650. The number of anilines is 1. The lowest BCUT2D eigenvalue weighted by molar-refractivity contribution is -0.384. The van der Waals surface area contributed by atoms with Gasteiger partial charge >= 0.3 is 0 Å². The van der Waals surface area contributed by atoms with Crippen LogP contribution in [-0.2, 0) is 0 Å². The molecular weight excluding hydrogens is 258 g/mol. The van der Waals surface area contributed by atoms with Crippen LogP contribution in [0.4, 0.5) is 11.4 Å². The van der Waals surface area contributed by atoms with Crippen molar-refractivity contribution in [3.05, 3.63) is 33.9 Å². The summed E-state index contributed by atoms with van der Waals surface area (Å²) in [5, 5.41) is 14.4.